The summed E-state index contributed by atoms with van der Waals surface area (Å²) in [5, 5.41) is 18.2. The van der Waals surface area contributed by atoms with E-state index in [1.807, 2.05) is 35.2 Å². The molecule has 36 heavy (non-hydrogen) atoms. The Morgan fingerprint density at radius 1 is 1.39 bits per heavy atom. The Morgan fingerprint density at radius 2 is 2.14 bits per heavy atom. The number of hydrogen-bond donors (Lipinski definition) is 3. The molecule has 15 heteroatoms. The van der Waals surface area contributed by atoms with Gasteiger partial charge >= 0.3 is 5.97 Å². The minimum atomic E-state index is -1.21. The molecular weight excluding hydrogens is 532 g/mol. The Hall–Kier alpha value is -3.49. The van der Waals surface area contributed by atoms with Gasteiger partial charge in [0.2, 0.25) is 6.41 Å². The summed E-state index contributed by atoms with van der Waals surface area (Å²) in [6.45, 7) is 2.13. The number of carbonyl (C=O) groups excluding carboxylic acids is 3. The second kappa shape index (κ2) is 11.1. The van der Waals surface area contributed by atoms with Crippen LogP contribution in [0.15, 0.2) is 47.0 Å². The van der Waals surface area contributed by atoms with Gasteiger partial charge in [0.1, 0.15) is 33.7 Å². The van der Waals surface area contributed by atoms with Crippen molar-refractivity contribution in [1.29, 1.82) is 0 Å². The quantitative estimate of drug-likeness (QED) is 0.129. The molecule has 2 aliphatic heterocycles. The van der Waals surface area contributed by atoms with E-state index in [1.165, 1.54) is 16.7 Å². The highest BCUT2D eigenvalue weighted by Gasteiger charge is 2.54. The lowest BCUT2D eigenvalue weighted by atomic mass is 10.0. The van der Waals surface area contributed by atoms with Gasteiger partial charge in [0.15, 0.2) is 29.8 Å². The van der Waals surface area contributed by atoms with Gasteiger partial charge in [-0.3, -0.25) is 19.3 Å². The molecule has 1 fully saturated rings. The molecule has 4 rings (SSSR count). The molecule has 12 nitrogen and oxygen atoms in total. The minimum absolute atomic E-state index is 0.0230. The number of fused-ring (bicyclic) bond motifs is 1. The van der Waals surface area contributed by atoms with Crippen molar-refractivity contribution in [3.63, 3.8) is 0 Å². The number of thiazole rings is 1. The van der Waals surface area contributed by atoms with Crippen LogP contribution in [0.3, 0.4) is 0 Å². The number of anilines is 1. The third-order valence-electron chi connectivity index (χ3n) is 5.18. The van der Waals surface area contributed by atoms with E-state index in [1.54, 1.807) is 6.92 Å². The van der Waals surface area contributed by atoms with Crippen LogP contribution in [0.5, 0.6) is 0 Å². The normalized spacial score (nSPS) is 19.3. The highest BCUT2D eigenvalue weighted by atomic mass is 35.5. The lowest BCUT2D eigenvalue weighted by molar-refractivity contribution is -0.689. The Morgan fingerprint density at radius 3 is 2.81 bits per heavy atom. The predicted octanol–water partition coefficient (Wildman–Crippen LogP) is 0.832. The van der Waals surface area contributed by atoms with Gasteiger partial charge in [-0.15, -0.1) is 11.8 Å². The maximum Gasteiger partial charge on any atom is 0.352 e. The first kappa shape index (κ1) is 25.6. The first-order valence-electron chi connectivity index (χ1n) is 10.6. The molecule has 0 spiro atoms. The molecule has 2 atom stereocenters. The van der Waals surface area contributed by atoms with Crippen molar-refractivity contribution >= 4 is 69.7 Å². The lowest BCUT2D eigenvalue weighted by Crippen LogP contribution is -2.71. The largest absolute Gasteiger partial charge is 0.477 e. The smallest absolute Gasteiger partial charge is 0.352 e. The van der Waals surface area contributed by atoms with Crippen LogP contribution in [-0.4, -0.2) is 68.7 Å². The number of halogens is 1. The zero-order valence-electron chi connectivity index (χ0n) is 18.7. The number of nitrogens with one attached hydrogen (secondary N) is 2. The Kier molecular flexibility index (Phi) is 7.86. The Bertz CT molecular complexity index is 1270. The first-order chi connectivity index (χ1) is 17.3. The fourth-order valence-electron chi connectivity index (χ4n) is 3.66. The SMILES string of the molecule is CCO/N=C(\C(=O)NC1C(=O)N2C(C(=O)O)=C(C[n+]3ccccc3)CS[C@H]12)c1nc(NC=O)sc1Cl. The van der Waals surface area contributed by atoms with Gasteiger partial charge in [-0.1, -0.05) is 34.2 Å². The number of nitrogens with zero attached hydrogens (tertiary/aromatic N) is 4. The zero-order valence-corrected chi connectivity index (χ0v) is 21.1. The molecule has 2 aromatic heterocycles. The number of oxime groups is 1. The van der Waals surface area contributed by atoms with Crippen LogP contribution in [0, 0.1) is 0 Å². The monoisotopic (exact) mass is 551 g/mol. The van der Waals surface area contributed by atoms with E-state index < -0.39 is 29.2 Å². The first-order valence-corrected chi connectivity index (χ1v) is 12.8. The average Bonchev–Trinajstić information content (AvgIpc) is 3.22. The van der Waals surface area contributed by atoms with Gasteiger partial charge in [-0.05, 0) is 6.92 Å². The van der Waals surface area contributed by atoms with Crippen molar-refractivity contribution < 1.29 is 33.7 Å². The molecule has 0 aromatic carbocycles. The average molecular weight is 552 g/mol. The zero-order chi connectivity index (χ0) is 25.8. The molecule has 1 saturated heterocycles. The topological polar surface area (TPSA) is 154 Å². The maximum absolute atomic E-state index is 13.1. The van der Waals surface area contributed by atoms with E-state index in [9.17, 15) is 24.3 Å². The molecule has 3 amide bonds. The summed E-state index contributed by atoms with van der Waals surface area (Å²) in [5.41, 5.74) is 0.200. The number of rotatable bonds is 10. The van der Waals surface area contributed by atoms with Crippen LogP contribution in [0.1, 0.15) is 12.6 Å². The molecule has 0 aliphatic carbocycles. The fraction of sp³-hybridized carbons (Fsp3) is 0.286. The van der Waals surface area contributed by atoms with Crippen LogP contribution < -0.4 is 15.2 Å². The van der Waals surface area contributed by atoms with E-state index in [4.69, 9.17) is 16.4 Å². The number of carbonyl (C=O) groups is 4. The molecule has 4 heterocycles. The lowest BCUT2D eigenvalue weighted by Gasteiger charge is -2.49. The van der Waals surface area contributed by atoms with Gasteiger partial charge in [0, 0.05) is 23.5 Å². The van der Waals surface area contributed by atoms with E-state index in [0.717, 1.165) is 11.3 Å². The molecule has 3 N–H and O–H groups in total. The molecule has 1 unspecified atom stereocenters. The van der Waals surface area contributed by atoms with Crippen LogP contribution in [0.4, 0.5) is 5.13 Å². The number of β-lactam (4-membered cyclic amide) rings is 1. The van der Waals surface area contributed by atoms with Gasteiger partial charge in [-0.25, -0.2) is 14.3 Å². The summed E-state index contributed by atoms with van der Waals surface area (Å²) in [4.78, 5) is 59.2. The van der Waals surface area contributed by atoms with Crippen LogP contribution in [0.2, 0.25) is 4.34 Å². The van der Waals surface area contributed by atoms with Crippen LogP contribution in [0.25, 0.3) is 0 Å². The summed E-state index contributed by atoms with van der Waals surface area (Å²) in [5.74, 6) is -2.19. The summed E-state index contributed by atoms with van der Waals surface area (Å²) < 4.78 is 1.91. The van der Waals surface area contributed by atoms with E-state index in [-0.39, 0.29) is 33.2 Å². The van der Waals surface area contributed by atoms with E-state index in [0.29, 0.717) is 24.3 Å². The maximum atomic E-state index is 13.1. The number of aromatic nitrogens is 2. The highest BCUT2D eigenvalue weighted by molar-refractivity contribution is 8.00. The molecule has 0 bridgehead atoms. The second-order valence-electron chi connectivity index (χ2n) is 7.43. The number of aliphatic carboxylic acids is 1. The van der Waals surface area contributed by atoms with Gasteiger partial charge in [0.05, 0.1) is 0 Å². The van der Waals surface area contributed by atoms with Crippen molar-refractivity contribution in [2.45, 2.75) is 24.9 Å². The highest BCUT2D eigenvalue weighted by Crippen LogP contribution is 2.40. The van der Waals surface area contributed by atoms with E-state index >= 15 is 0 Å². The standard InChI is InChI=1S/C21H19ClN6O6S2/c1-2-34-26-13(12-16(22)36-21(25-12)23-10-29)17(30)24-14-18(31)28-15(20(32)33)11(9-35-19(14)28)8-27-6-4-3-5-7-27/h3-7,10,14,19H,2,8-9H2,1H3,(H2-,23,24,25,29,30,32,33)/p+1/b26-13-/t14?,19-/m1/s1. The Labute approximate surface area is 218 Å². The summed E-state index contributed by atoms with van der Waals surface area (Å²) in [6.07, 6.45) is 4.03. The van der Waals surface area contributed by atoms with Crippen LogP contribution >= 0.6 is 34.7 Å². The molecule has 0 saturated carbocycles. The number of amides is 3. The Balaban J connectivity index is 1.54. The second-order valence-corrected chi connectivity index (χ2v) is 10.1. The number of carboxylic acid groups (broad SMARTS) is 1. The number of hydrogen-bond acceptors (Lipinski definition) is 9. The van der Waals surface area contributed by atoms with Crippen molar-refractivity contribution in [3.8, 4) is 0 Å². The third-order valence-corrected chi connectivity index (χ3v) is 7.70. The van der Waals surface area contributed by atoms with Gasteiger partial charge in [-0.2, -0.15) is 0 Å². The van der Waals surface area contributed by atoms with Gasteiger partial charge in [0.25, 0.3) is 11.8 Å². The predicted molar refractivity (Wildman–Crippen MR) is 131 cm³/mol. The molecular formula is C21H20ClN6O6S2+. The van der Waals surface area contributed by atoms with Crippen LogP contribution in [-0.2, 0) is 30.6 Å². The molecule has 2 aliphatic rings. The van der Waals surface area contributed by atoms with Gasteiger partial charge < -0.3 is 20.6 Å². The molecule has 188 valence electrons. The fourth-order valence-corrected chi connectivity index (χ4v) is 5.99. The van der Waals surface area contributed by atoms with Crippen molar-refractivity contribution in [3.05, 3.63) is 51.9 Å². The van der Waals surface area contributed by atoms with Crippen molar-refractivity contribution in [2.75, 3.05) is 17.7 Å². The number of thioether (sulfide) groups is 1. The summed E-state index contributed by atoms with van der Waals surface area (Å²) in [7, 11) is 0. The number of pyridine rings is 1. The summed E-state index contributed by atoms with van der Waals surface area (Å²) >= 11 is 8.46. The summed E-state index contributed by atoms with van der Waals surface area (Å²) in [6, 6.07) is 4.52. The minimum Gasteiger partial charge on any atom is -0.477 e. The van der Waals surface area contributed by atoms with Crippen molar-refractivity contribution in [1.82, 2.24) is 15.2 Å². The van der Waals surface area contributed by atoms with E-state index in [2.05, 4.69) is 20.8 Å². The van der Waals surface area contributed by atoms with Crippen molar-refractivity contribution in [2.24, 2.45) is 5.16 Å². The number of carboxylic acids is 1. The molecule has 2 aromatic rings. The third kappa shape index (κ3) is 5.05. The molecule has 0 radical (unpaired) electrons.